The quantitative estimate of drug-likeness (QED) is 0.787. The number of hydrogen-bond acceptors (Lipinski definition) is 6. The molecule has 1 aliphatic rings. The first kappa shape index (κ1) is 18.2. The first-order valence-electron chi connectivity index (χ1n) is 8.94. The van der Waals surface area contributed by atoms with Crippen LogP contribution in [0.1, 0.15) is 57.3 Å². The molecule has 1 amide bonds. The smallest absolute Gasteiger partial charge is 0.264 e. The largest absolute Gasteiger partial charge is 0.497 e. The second-order valence-electron chi connectivity index (χ2n) is 6.77. The molecule has 0 N–H and O–H groups in total. The minimum Gasteiger partial charge on any atom is -0.497 e. The molecule has 0 bridgehead atoms. The SMILES string of the molecule is COc1cccc(O[C@@H](C)C(=O)N2CCC[C@H]2c2nc(C(C)C)no2)c1. The third-order valence-corrected chi connectivity index (χ3v) is 4.50. The molecule has 7 nitrogen and oxygen atoms in total. The molecule has 26 heavy (non-hydrogen) atoms. The van der Waals surface area contributed by atoms with Crippen LogP contribution in [-0.2, 0) is 4.79 Å². The van der Waals surface area contributed by atoms with Crippen LogP contribution in [0.25, 0.3) is 0 Å². The van der Waals surface area contributed by atoms with E-state index in [-0.39, 0.29) is 17.9 Å². The first-order chi connectivity index (χ1) is 12.5. The lowest BCUT2D eigenvalue weighted by molar-refractivity contribution is -0.139. The summed E-state index contributed by atoms with van der Waals surface area (Å²) in [7, 11) is 1.60. The molecule has 0 spiro atoms. The van der Waals surface area contributed by atoms with Crippen molar-refractivity contribution in [1.82, 2.24) is 15.0 Å². The Morgan fingerprint density at radius 3 is 2.77 bits per heavy atom. The molecule has 0 radical (unpaired) electrons. The highest BCUT2D eigenvalue weighted by Gasteiger charge is 2.36. The van der Waals surface area contributed by atoms with Crippen LogP contribution >= 0.6 is 0 Å². The van der Waals surface area contributed by atoms with Crippen molar-refractivity contribution in [3.05, 3.63) is 36.0 Å². The Balaban J connectivity index is 1.70. The average Bonchev–Trinajstić information content (AvgIpc) is 3.30. The van der Waals surface area contributed by atoms with E-state index in [2.05, 4.69) is 10.1 Å². The van der Waals surface area contributed by atoms with Gasteiger partial charge in [0.15, 0.2) is 11.9 Å². The molecular formula is C19H25N3O4. The maximum absolute atomic E-state index is 12.9. The maximum atomic E-state index is 12.9. The highest BCUT2D eigenvalue weighted by Crippen LogP contribution is 2.32. The molecule has 7 heteroatoms. The number of carbonyl (C=O) groups excluding carboxylic acids is 1. The average molecular weight is 359 g/mol. The summed E-state index contributed by atoms with van der Waals surface area (Å²) in [6.45, 7) is 6.44. The van der Waals surface area contributed by atoms with Gasteiger partial charge in [-0.15, -0.1) is 0 Å². The van der Waals surface area contributed by atoms with Crippen molar-refractivity contribution in [2.45, 2.75) is 51.7 Å². The fourth-order valence-electron chi connectivity index (χ4n) is 3.07. The van der Waals surface area contributed by atoms with Gasteiger partial charge >= 0.3 is 0 Å². The number of rotatable bonds is 6. The van der Waals surface area contributed by atoms with E-state index in [0.717, 1.165) is 12.8 Å². The van der Waals surface area contributed by atoms with Gasteiger partial charge in [0.05, 0.1) is 7.11 Å². The molecule has 3 rings (SSSR count). The van der Waals surface area contributed by atoms with Crippen molar-refractivity contribution in [3.63, 3.8) is 0 Å². The molecule has 1 aromatic carbocycles. The van der Waals surface area contributed by atoms with Gasteiger partial charge in [-0.2, -0.15) is 4.98 Å². The van der Waals surface area contributed by atoms with Crippen LogP contribution in [0.2, 0.25) is 0 Å². The van der Waals surface area contributed by atoms with Crippen molar-refractivity contribution in [2.75, 3.05) is 13.7 Å². The molecule has 2 heterocycles. The summed E-state index contributed by atoms with van der Waals surface area (Å²) in [5.74, 6) is 2.57. The van der Waals surface area contributed by atoms with Crippen molar-refractivity contribution >= 4 is 5.91 Å². The van der Waals surface area contributed by atoms with E-state index in [0.29, 0.717) is 29.8 Å². The van der Waals surface area contributed by atoms with Crippen molar-refractivity contribution < 1.29 is 18.8 Å². The van der Waals surface area contributed by atoms with Crippen LogP contribution < -0.4 is 9.47 Å². The number of aromatic nitrogens is 2. The second-order valence-corrected chi connectivity index (χ2v) is 6.77. The van der Waals surface area contributed by atoms with E-state index in [1.54, 1.807) is 31.1 Å². The Hall–Kier alpha value is -2.57. The summed E-state index contributed by atoms with van der Waals surface area (Å²) in [4.78, 5) is 19.1. The van der Waals surface area contributed by atoms with Crippen molar-refractivity contribution in [2.24, 2.45) is 0 Å². The summed E-state index contributed by atoms with van der Waals surface area (Å²) in [5, 5.41) is 4.02. The van der Waals surface area contributed by atoms with Gasteiger partial charge in [-0.1, -0.05) is 25.1 Å². The Morgan fingerprint density at radius 2 is 2.08 bits per heavy atom. The second kappa shape index (κ2) is 7.76. The zero-order chi connectivity index (χ0) is 18.7. The highest BCUT2D eigenvalue weighted by molar-refractivity contribution is 5.81. The van der Waals surface area contributed by atoms with E-state index in [1.165, 1.54) is 0 Å². The number of amides is 1. The lowest BCUT2D eigenvalue weighted by Crippen LogP contribution is -2.40. The molecule has 2 aromatic rings. The van der Waals surface area contributed by atoms with Crippen LogP contribution in [0.15, 0.2) is 28.8 Å². The van der Waals surface area contributed by atoms with Gasteiger partial charge in [0, 0.05) is 18.5 Å². The third kappa shape index (κ3) is 3.81. The number of nitrogens with zero attached hydrogens (tertiary/aromatic N) is 3. The molecule has 1 aromatic heterocycles. The number of ether oxygens (including phenoxy) is 2. The van der Waals surface area contributed by atoms with Gasteiger partial charge in [0.1, 0.15) is 17.5 Å². The number of benzene rings is 1. The van der Waals surface area contributed by atoms with Crippen molar-refractivity contribution in [3.8, 4) is 11.5 Å². The molecule has 1 aliphatic heterocycles. The molecule has 1 fully saturated rings. The van der Waals surface area contributed by atoms with Crippen LogP contribution in [0.4, 0.5) is 0 Å². The monoisotopic (exact) mass is 359 g/mol. The lowest BCUT2D eigenvalue weighted by Gasteiger charge is -2.25. The zero-order valence-electron chi connectivity index (χ0n) is 15.6. The van der Waals surface area contributed by atoms with Gasteiger partial charge < -0.3 is 18.9 Å². The van der Waals surface area contributed by atoms with Crippen LogP contribution in [0.3, 0.4) is 0 Å². The van der Waals surface area contributed by atoms with E-state index >= 15 is 0 Å². The number of methoxy groups -OCH3 is 1. The van der Waals surface area contributed by atoms with Gasteiger partial charge in [-0.25, -0.2) is 0 Å². The normalized spacial score (nSPS) is 18.2. The highest BCUT2D eigenvalue weighted by atomic mass is 16.5. The van der Waals surface area contributed by atoms with Crippen LogP contribution in [-0.4, -0.2) is 40.7 Å². The third-order valence-electron chi connectivity index (χ3n) is 4.50. The standard InChI is InChI=1S/C19H25N3O4/c1-12(2)17-20-18(26-21-17)16-9-6-10-22(16)19(23)13(3)25-15-8-5-7-14(11-15)24-4/h5,7-8,11-13,16H,6,9-10H2,1-4H3/t13-,16-/m0/s1. The van der Waals surface area contributed by atoms with E-state index in [1.807, 2.05) is 26.0 Å². The summed E-state index contributed by atoms with van der Waals surface area (Å²) < 4.78 is 16.4. The molecule has 0 unspecified atom stereocenters. The minimum absolute atomic E-state index is 0.0837. The maximum Gasteiger partial charge on any atom is 0.264 e. The van der Waals surface area contributed by atoms with Gasteiger partial charge in [0.2, 0.25) is 5.89 Å². The fourth-order valence-corrected chi connectivity index (χ4v) is 3.07. The summed E-state index contributed by atoms with van der Waals surface area (Å²) in [5.41, 5.74) is 0. The van der Waals surface area contributed by atoms with Crippen LogP contribution in [0, 0.1) is 0 Å². The van der Waals surface area contributed by atoms with Crippen molar-refractivity contribution in [1.29, 1.82) is 0 Å². The van der Waals surface area contributed by atoms with Gasteiger partial charge in [-0.05, 0) is 31.9 Å². The fraction of sp³-hybridized carbons (Fsp3) is 0.526. The van der Waals surface area contributed by atoms with E-state index in [9.17, 15) is 4.79 Å². The number of hydrogen-bond donors (Lipinski definition) is 0. The molecule has 2 atom stereocenters. The Morgan fingerprint density at radius 1 is 1.31 bits per heavy atom. The van der Waals surface area contributed by atoms with Crippen LogP contribution in [0.5, 0.6) is 11.5 Å². The molecule has 0 aliphatic carbocycles. The molecular weight excluding hydrogens is 334 g/mol. The predicted octanol–water partition coefficient (Wildman–Crippen LogP) is 3.33. The minimum atomic E-state index is -0.616. The molecule has 0 saturated carbocycles. The summed E-state index contributed by atoms with van der Waals surface area (Å²) in [6, 6.07) is 7.05. The molecule has 140 valence electrons. The molecule has 1 saturated heterocycles. The van der Waals surface area contributed by atoms with E-state index < -0.39 is 6.10 Å². The Bertz CT molecular complexity index is 759. The number of carbonyl (C=O) groups is 1. The number of likely N-dealkylation sites (tertiary alicyclic amines) is 1. The van der Waals surface area contributed by atoms with E-state index in [4.69, 9.17) is 14.0 Å². The lowest BCUT2D eigenvalue weighted by atomic mass is 10.2. The predicted molar refractivity (Wildman–Crippen MR) is 95.2 cm³/mol. The van der Waals surface area contributed by atoms with Gasteiger partial charge in [0.25, 0.3) is 5.91 Å². The summed E-state index contributed by atoms with van der Waals surface area (Å²) in [6.07, 6.45) is 1.11. The topological polar surface area (TPSA) is 77.7 Å². The first-order valence-corrected chi connectivity index (χ1v) is 8.94. The Kier molecular flexibility index (Phi) is 5.44. The summed E-state index contributed by atoms with van der Waals surface area (Å²) >= 11 is 0. The zero-order valence-corrected chi connectivity index (χ0v) is 15.6. The van der Waals surface area contributed by atoms with Gasteiger partial charge in [-0.3, -0.25) is 4.79 Å². The Labute approximate surface area is 153 Å².